The molecule has 2 aromatic rings. The van der Waals surface area contributed by atoms with Crippen molar-refractivity contribution in [3.8, 4) is 11.5 Å². The van der Waals surface area contributed by atoms with Crippen molar-refractivity contribution in [1.82, 2.24) is 9.62 Å². The van der Waals surface area contributed by atoms with Gasteiger partial charge in [0.2, 0.25) is 15.9 Å². The van der Waals surface area contributed by atoms with Gasteiger partial charge in [-0.3, -0.25) is 4.79 Å². The van der Waals surface area contributed by atoms with Gasteiger partial charge >= 0.3 is 0 Å². The predicted molar refractivity (Wildman–Crippen MR) is 129 cm³/mol. The van der Waals surface area contributed by atoms with Crippen LogP contribution in [0.4, 0.5) is 0 Å². The van der Waals surface area contributed by atoms with Gasteiger partial charge < -0.3 is 14.8 Å². The van der Waals surface area contributed by atoms with E-state index in [0.29, 0.717) is 49.8 Å². The van der Waals surface area contributed by atoms with Gasteiger partial charge in [-0.15, -0.1) is 0 Å². The molecule has 1 amide bonds. The second-order valence-electron chi connectivity index (χ2n) is 9.45. The fourth-order valence-electron chi connectivity index (χ4n) is 5.08. The van der Waals surface area contributed by atoms with Gasteiger partial charge in [-0.25, -0.2) is 8.42 Å². The van der Waals surface area contributed by atoms with Gasteiger partial charge in [0, 0.05) is 25.4 Å². The quantitative estimate of drug-likeness (QED) is 0.701. The van der Waals surface area contributed by atoms with Crippen molar-refractivity contribution in [2.75, 3.05) is 26.3 Å². The standard InChI is InChI=1S/C26H32N2O5S/c1-18(21-7-9-24-25(17-21)33-15-3-14-32-24)27-26(29)20-10-12-28(13-11-20)34(30,31)23-8-6-19-4-2-5-22(19)16-23/h6-9,16-18,20H,2-5,10-15H2,1H3,(H,27,29). The first kappa shape index (κ1) is 23.2. The third-order valence-electron chi connectivity index (χ3n) is 7.16. The Morgan fingerprint density at radius 1 is 0.971 bits per heavy atom. The Balaban J connectivity index is 1.18. The maximum atomic E-state index is 13.2. The number of ether oxygens (including phenoxy) is 2. The van der Waals surface area contributed by atoms with Gasteiger partial charge in [-0.1, -0.05) is 12.1 Å². The molecule has 2 aromatic carbocycles. The fraction of sp³-hybridized carbons (Fsp3) is 0.500. The van der Waals surface area contributed by atoms with E-state index in [1.54, 1.807) is 6.07 Å². The Labute approximate surface area is 201 Å². The number of nitrogens with zero attached hydrogens (tertiary/aromatic N) is 1. The molecule has 1 fully saturated rings. The van der Waals surface area contributed by atoms with Crippen LogP contribution in [-0.2, 0) is 27.7 Å². The molecule has 1 aliphatic carbocycles. The van der Waals surface area contributed by atoms with Crippen molar-refractivity contribution < 1.29 is 22.7 Å². The molecule has 182 valence electrons. The predicted octanol–water partition coefficient (Wildman–Crippen LogP) is 3.61. The number of hydrogen-bond acceptors (Lipinski definition) is 5. The monoisotopic (exact) mass is 484 g/mol. The van der Waals surface area contributed by atoms with Crippen molar-refractivity contribution in [2.24, 2.45) is 5.92 Å². The molecule has 34 heavy (non-hydrogen) atoms. The first-order chi connectivity index (χ1) is 16.4. The lowest BCUT2D eigenvalue weighted by Crippen LogP contribution is -2.43. The summed E-state index contributed by atoms with van der Waals surface area (Å²) in [5.41, 5.74) is 3.37. The van der Waals surface area contributed by atoms with Gasteiger partial charge in [-0.2, -0.15) is 4.31 Å². The molecular formula is C26H32N2O5S. The molecule has 5 rings (SSSR count). The Morgan fingerprint density at radius 3 is 2.50 bits per heavy atom. The van der Waals surface area contributed by atoms with Crippen LogP contribution >= 0.6 is 0 Å². The molecule has 2 aliphatic heterocycles. The van der Waals surface area contributed by atoms with Gasteiger partial charge in [0.1, 0.15) is 0 Å². The van der Waals surface area contributed by atoms with Crippen molar-refractivity contribution in [1.29, 1.82) is 0 Å². The van der Waals surface area contributed by atoms with Gasteiger partial charge in [0.25, 0.3) is 0 Å². The number of carbonyl (C=O) groups excluding carboxylic acids is 1. The highest BCUT2D eigenvalue weighted by atomic mass is 32.2. The number of piperidine rings is 1. The molecule has 1 atom stereocenters. The van der Waals surface area contributed by atoms with E-state index < -0.39 is 10.0 Å². The maximum absolute atomic E-state index is 13.2. The number of benzene rings is 2. The SMILES string of the molecule is CC(NC(=O)C1CCN(S(=O)(=O)c2ccc3c(c2)CCC3)CC1)c1ccc2c(c1)OCCCO2. The molecule has 8 heteroatoms. The molecular weight excluding hydrogens is 452 g/mol. The number of nitrogens with one attached hydrogen (secondary N) is 1. The van der Waals surface area contributed by atoms with E-state index in [9.17, 15) is 13.2 Å². The Kier molecular flexibility index (Phi) is 6.53. The summed E-state index contributed by atoms with van der Waals surface area (Å²) in [6.45, 7) is 3.92. The third-order valence-corrected chi connectivity index (χ3v) is 9.06. The van der Waals surface area contributed by atoms with Crippen LogP contribution in [0.2, 0.25) is 0 Å². The van der Waals surface area contributed by atoms with Crippen LogP contribution in [0.25, 0.3) is 0 Å². The molecule has 0 radical (unpaired) electrons. The number of hydrogen-bond donors (Lipinski definition) is 1. The molecule has 3 aliphatic rings. The first-order valence-corrected chi connectivity index (χ1v) is 13.7. The van der Waals surface area contributed by atoms with Crippen LogP contribution in [0.15, 0.2) is 41.3 Å². The number of fused-ring (bicyclic) bond motifs is 2. The zero-order chi connectivity index (χ0) is 23.7. The summed E-state index contributed by atoms with van der Waals surface area (Å²) in [7, 11) is -3.53. The normalized spacial score (nSPS) is 19.8. The van der Waals surface area contributed by atoms with Crippen molar-refractivity contribution >= 4 is 15.9 Å². The van der Waals surface area contributed by atoms with Crippen LogP contribution in [0.5, 0.6) is 11.5 Å². The van der Waals surface area contributed by atoms with Crippen LogP contribution in [-0.4, -0.2) is 44.9 Å². The second kappa shape index (κ2) is 9.58. The largest absolute Gasteiger partial charge is 0.490 e. The van der Waals surface area contributed by atoms with Gasteiger partial charge in [0.15, 0.2) is 11.5 Å². The highest BCUT2D eigenvalue weighted by Crippen LogP contribution is 2.33. The summed E-state index contributed by atoms with van der Waals surface area (Å²) in [6.07, 6.45) is 4.94. The summed E-state index contributed by atoms with van der Waals surface area (Å²) in [4.78, 5) is 13.3. The van der Waals surface area contributed by atoms with Crippen LogP contribution < -0.4 is 14.8 Å². The average Bonchev–Trinajstić information content (AvgIpc) is 3.20. The van der Waals surface area contributed by atoms with Gasteiger partial charge in [0.05, 0.1) is 24.2 Å². The first-order valence-electron chi connectivity index (χ1n) is 12.2. The number of carbonyl (C=O) groups is 1. The van der Waals surface area contributed by atoms with E-state index in [-0.39, 0.29) is 17.9 Å². The van der Waals surface area contributed by atoms with Crippen molar-refractivity contribution in [2.45, 2.75) is 56.4 Å². The number of sulfonamides is 1. The third kappa shape index (κ3) is 4.66. The molecule has 0 bridgehead atoms. The number of rotatable bonds is 5. The fourth-order valence-corrected chi connectivity index (χ4v) is 6.60. The van der Waals surface area contributed by atoms with E-state index in [4.69, 9.17) is 9.47 Å². The second-order valence-corrected chi connectivity index (χ2v) is 11.4. The smallest absolute Gasteiger partial charge is 0.243 e. The van der Waals surface area contributed by atoms with E-state index >= 15 is 0 Å². The van der Waals surface area contributed by atoms with E-state index in [1.807, 2.05) is 37.3 Å². The zero-order valence-corrected chi connectivity index (χ0v) is 20.4. The minimum absolute atomic E-state index is 0.0332. The maximum Gasteiger partial charge on any atom is 0.243 e. The molecule has 2 heterocycles. The lowest BCUT2D eigenvalue weighted by molar-refractivity contribution is -0.126. The minimum Gasteiger partial charge on any atom is -0.490 e. The molecule has 0 spiro atoms. The minimum atomic E-state index is -3.53. The molecule has 0 aromatic heterocycles. The van der Waals surface area contributed by atoms with E-state index in [1.165, 1.54) is 9.87 Å². The number of aryl methyl sites for hydroxylation is 2. The number of amides is 1. The molecule has 1 saturated heterocycles. The highest BCUT2D eigenvalue weighted by Gasteiger charge is 2.33. The van der Waals surface area contributed by atoms with Gasteiger partial charge in [-0.05, 0) is 80.0 Å². The molecule has 1 N–H and O–H groups in total. The summed E-state index contributed by atoms with van der Waals surface area (Å²) in [6, 6.07) is 11.1. The summed E-state index contributed by atoms with van der Waals surface area (Å²) in [5.74, 6) is 1.21. The van der Waals surface area contributed by atoms with E-state index in [0.717, 1.165) is 42.6 Å². The Bertz CT molecular complexity index is 1170. The summed E-state index contributed by atoms with van der Waals surface area (Å²) < 4.78 is 39.3. The lowest BCUT2D eigenvalue weighted by Gasteiger charge is -2.31. The highest BCUT2D eigenvalue weighted by molar-refractivity contribution is 7.89. The summed E-state index contributed by atoms with van der Waals surface area (Å²) in [5, 5.41) is 3.10. The summed E-state index contributed by atoms with van der Waals surface area (Å²) >= 11 is 0. The average molecular weight is 485 g/mol. The molecule has 7 nitrogen and oxygen atoms in total. The van der Waals surface area contributed by atoms with Crippen LogP contribution in [0.1, 0.15) is 55.3 Å². The molecule has 1 unspecified atom stereocenters. The lowest BCUT2D eigenvalue weighted by atomic mass is 9.96. The Hall–Kier alpha value is -2.58. The zero-order valence-electron chi connectivity index (χ0n) is 19.6. The Morgan fingerprint density at radius 2 is 1.71 bits per heavy atom. The van der Waals surface area contributed by atoms with Crippen LogP contribution in [0.3, 0.4) is 0 Å². The molecule has 0 saturated carbocycles. The van der Waals surface area contributed by atoms with E-state index in [2.05, 4.69) is 5.32 Å². The van der Waals surface area contributed by atoms with Crippen molar-refractivity contribution in [3.63, 3.8) is 0 Å². The topological polar surface area (TPSA) is 84.9 Å². The van der Waals surface area contributed by atoms with Crippen LogP contribution in [0, 0.1) is 5.92 Å². The van der Waals surface area contributed by atoms with Crippen molar-refractivity contribution in [3.05, 3.63) is 53.1 Å².